The van der Waals surface area contributed by atoms with Crippen LogP contribution in [0.3, 0.4) is 0 Å². The number of carbonyl (C=O) groups is 3. The van der Waals surface area contributed by atoms with E-state index in [1.54, 1.807) is 45.0 Å². The van der Waals surface area contributed by atoms with Crippen LogP contribution in [0.2, 0.25) is 0 Å². The molecule has 0 saturated carbocycles. The molecule has 2 fully saturated rings. The second-order valence-corrected chi connectivity index (χ2v) is 8.62. The highest BCUT2D eigenvalue weighted by Crippen LogP contribution is 2.54. The summed E-state index contributed by atoms with van der Waals surface area (Å²) in [6, 6.07) is 5.83. The number of carboxylic acid groups (broad SMARTS) is 1. The van der Waals surface area contributed by atoms with Gasteiger partial charge < -0.3 is 20.1 Å². The van der Waals surface area contributed by atoms with Crippen molar-refractivity contribution in [3.63, 3.8) is 0 Å². The summed E-state index contributed by atoms with van der Waals surface area (Å²) >= 11 is 1.39. The maximum absolute atomic E-state index is 12.7. The molecule has 1 aromatic carbocycles. The van der Waals surface area contributed by atoms with E-state index >= 15 is 0 Å². The highest BCUT2D eigenvalue weighted by atomic mass is 32.2. The van der Waals surface area contributed by atoms with Crippen molar-refractivity contribution in [1.82, 2.24) is 10.2 Å². The molecule has 2 aliphatic heterocycles. The third-order valence-electron chi connectivity index (χ3n) is 4.74. The number of thioether (sulfide) groups is 1. The number of rotatable bonds is 4. The Morgan fingerprint density at radius 2 is 1.92 bits per heavy atom. The Kier molecular flexibility index (Phi) is 3.98. The molecule has 0 bridgehead atoms. The van der Waals surface area contributed by atoms with Crippen molar-refractivity contribution >= 4 is 29.5 Å². The fraction of sp³-hybridized carbons (Fsp3) is 0.471. The number of fused-ring (bicyclic) bond motifs is 1. The third-order valence-corrected chi connectivity index (χ3v) is 6.49. The Bertz CT molecular complexity index is 765. The fourth-order valence-electron chi connectivity index (χ4n) is 3.47. The van der Waals surface area contributed by atoms with Crippen LogP contribution in [0.4, 0.5) is 0 Å². The Morgan fingerprint density at radius 3 is 2.52 bits per heavy atom. The Hall–Kier alpha value is -2.22. The summed E-state index contributed by atoms with van der Waals surface area (Å²) in [6.45, 7) is 5.23. The molecule has 0 spiro atoms. The van der Waals surface area contributed by atoms with Crippen LogP contribution in [0.15, 0.2) is 24.3 Å². The molecule has 0 radical (unpaired) electrons. The van der Waals surface area contributed by atoms with Crippen molar-refractivity contribution in [2.24, 2.45) is 0 Å². The third kappa shape index (κ3) is 2.47. The molecule has 2 N–H and O–H groups in total. The van der Waals surface area contributed by atoms with Crippen LogP contribution < -0.4 is 10.1 Å². The van der Waals surface area contributed by atoms with Gasteiger partial charge >= 0.3 is 5.97 Å². The lowest BCUT2D eigenvalue weighted by Gasteiger charge is -2.51. The predicted octanol–water partition coefficient (Wildman–Crippen LogP) is 1.33. The molecule has 3 atom stereocenters. The lowest BCUT2D eigenvalue weighted by Crippen LogP contribution is -2.78. The van der Waals surface area contributed by atoms with Gasteiger partial charge in [-0.3, -0.25) is 9.59 Å². The topological polar surface area (TPSA) is 95.9 Å². The van der Waals surface area contributed by atoms with Crippen LogP contribution in [0, 0.1) is 0 Å². The first-order chi connectivity index (χ1) is 11.6. The van der Waals surface area contributed by atoms with Crippen molar-refractivity contribution in [3.8, 4) is 5.75 Å². The van der Waals surface area contributed by atoms with Gasteiger partial charge in [0.2, 0.25) is 0 Å². The lowest BCUT2D eigenvalue weighted by molar-refractivity contribution is -0.165. The summed E-state index contributed by atoms with van der Waals surface area (Å²) in [5.74, 6) is -1.43. The Morgan fingerprint density at radius 1 is 1.28 bits per heavy atom. The van der Waals surface area contributed by atoms with Crippen LogP contribution in [0.25, 0.3) is 0 Å². The van der Waals surface area contributed by atoms with E-state index in [2.05, 4.69) is 5.32 Å². The molecule has 2 amide bonds. The number of hydrogen-bond acceptors (Lipinski definition) is 5. The average molecular weight is 364 g/mol. The van der Waals surface area contributed by atoms with E-state index in [4.69, 9.17) is 4.74 Å². The van der Waals surface area contributed by atoms with Gasteiger partial charge in [0.1, 0.15) is 22.7 Å². The van der Waals surface area contributed by atoms with E-state index in [0.29, 0.717) is 11.3 Å². The van der Waals surface area contributed by atoms with Crippen LogP contribution >= 0.6 is 11.8 Å². The number of carboxylic acids is 1. The highest BCUT2D eigenvalue weighted by Gasteiger charge is 2.70. The molecule has 3 rings (SSSR count). The molecule has 2 heterocycles. The van der Waals surface area contributed by atoms with Gasteiger partial charge in [-0.2, -0.15) is 0 Å². The summed E-state index contributed by atoms with van der Waals surface area (Å²) < 4.78 is 4.55. The van der Waals surface area contributed by atoms with Crippen molar-refractivity contribution < 1.29 is 24.2 Å². The highest BCUT2D eigenvalue weighted by molar-refractivity contribution is 8.01. The number of nitrogens with one attached hydrogen (secondary N) is 1. The molecule has 25 heavy (non-hydrogen) atoms. The van der Waals surface area contributed by atoms with Crippen LogP contribution in [-0.2, 0) is 9.59 Å². The maximum atomic E-state index is 12.7. The first-order valence-electron chi connectivity index (χ1n) is 7.82. The van der Waals surface area contributed by atoms with Crippen molar-refractivity contribution in [2.75, 3.05) is 7.11 Å². The predicted molar refractivity (Wildman–Crippen MR) is 92.6 cm³/mol. The number of carbonyl (C=O) groups excluding carboxylic acids is 2. The molecule has 2 saturated heterocycles. The van der Waals surface area contributed by atoms with E-state index < -0.39 is 33.6 Å². The molecule has 0 aliphatic carbocycles. The number of aliphatic carboxylic acids is 1. The molecule has 8 heteroatoms. The van der Waals surface area contributed by atoms with E-state index in [1.165, 1.54) is 23.8 Å². The van der Waals surface area contributed by atoms with Gasteiger partial charge in [0, 0.05) is 4.75 Å². The van der Waals surface area contributed by atoms with E-state index in [-0.39, 0.29) is 5.91 Å². The van der Waals surface area contributed by atoms with Gasteiger partial charge in [-0.25, -0.2) is 4.79 Å². The molecular weight excluding hydrogens is 344 g/mol. The fourth-order valence-corrected chi connectivity index (χ4v) is 5.12. The number of amides is 2. The number of hydrogen-bond donors (Lipinski definition) is 2. The van der Waals surface area contributed by atoms with Crippen molar-refractivity contribution in [1.29, 1.82) is 0 Å². The van der Waals surface area contributed by atoms with Gasteiger partial charge in [-0.1, -0.05) is 12.1 Å². The zero-order valence-corrected chi connectivity index (χ0v) is 15.2. The first kappa shape index (κ1) is 17.6. The van der Waals surface area contributed by atoms with Crippen molar-refractivity contribution in [2.45, 2.75) is 42.5 Å². The van der Waals surface area contributed by atoms with Crippen molar-refractivity contribution in [3.05, 3.63) is 29.8 Å². The summed E-state index contributed by atoms with van der Waals surface area (Å²) in [6.07, 6.45) is 0. The SMILES string of the molecule is COc1ccccc1C(=O)N[C@@]1(C)C(=O)N2[C@@H](C(=O)O)C(C)(C)S[C@@H]21. The summed E-state index contributed by atoms with van der Waals surface area (Å²) in [5, 5.41) is 11.8. The standard InChI is InChI=1S/C17H20N2O5S/c1-16(2)11(13(21)22)19-14(23)17(3,15(19)25-16)18-12(20)9-7-5-6-8-10(9)24-4/h5-8,11,15H,1-4H3,(H,18,20)(H,21,22)/t11-,15+,17-/m0/s1. The van der Waals surface area contributed by atoms with Gasteiger partial charge in [-0.15, -0.1) is 11.8 Å². The van der Waals surface area contributed by atoms with Gasteiger partial charge in [0.25, 0.3) is 11.8 Å². The molecule has 0 aromatic heterocycles. The van der Waals surface area contributed by atoms with E-state index in [1.807, 2.05) is 0 Å². The van der Waals surface area contributed by atoms with Crippen LogP contribution in [0.5, 0.6) is 5.75 Å². The largest absolute Gasteiger partial charge is 0.496 e. The van der Waals surface area contributed by atoms with Crippen LogP contribution in [-0.4, -0.2) is 56.6 Å². The number of β-lactam (4-membered cyclic amide) rings is 1. The van der Waals surface area contributed by atoms with Gasteiger partial charge in [-0.05, 0) is 32.9 Å². The first-order valence-corrected chi connectivity index (χ1v) is 8.70. The minimum atomic E-state index is -1.15. The molecule has 1 aromatic rings. The van der Waals surface area contributed by atoms with E-state index in [9.17, 15) is 19.5 Å². The number of methoxy groups -OCH3 is 1. The normalized spacial score (nSPS) is 29.6. The second kappa shape index (κ2) is 5.66. The lowest BCUT2D eigenvalue weighted by atomic mass is 9.86. The Balaban J connectivity index is 1.86. The molecule has 134 valence electrons. The number of para-hydroxylation sites is 1. The van der Waals surface area contributed by atoms with Crippen LogP contribution in [0.1, 0.15) is 31.1 Å². The smallest absolute Gasteiger partial charge is 0.327 e. The zero-order valence-electron chi connectivity index (χ0n) is 14.4. The minimum absolute atomic E-state index is 0.328. The quantitative estimate of drug-likeness (QED) is 0.783. The van der Waals surface area contributed by atoms with Gasteiger partial charge in [0.15, 0.2) is 0 Å². The average Bonchev–Trinajstić information content (AvgIpc) is 2.84. The molecule has 7 nitrogen and oxygen atoms in total. The second-order valence-electron chi connectivity index (χ2n) is 6.88. The molecular formula is C17H20N2O5S. The minimum Gasteiger partial charge on any atom is -0.496 e. The number of nitrogens with zero attached hydrogens (tertiary/aromatic N) is 1. The maximum Gasteiger partial charge on any atom is 0.327 e. The molecule has 0 unspecified atom stereocenters. The number of benzene rings is 1. The monoisotopic (exact) mass is 364 g/mol. The Labute approximate surface area is 149 Å². The number of ether oxygens (including phenoxy) is 1. The summed E-state index contributed by atoms with van der Waals surface area (Å²) in [7, 11) is 1.47. The van der Waals surface area contributed by atoms with Gasteiger partial charge in [0.05, 0.1) is 12.7 Å². The van der Waals surface area contributed by atoms with E-state index in [0.717, 1.165) is 0 Å². The zero-order chi connectivity index (χ0) is 18.6. The molecule has 2 aliphatic rings. The summed E-state index contributed by atoms with van der Waals surface area (Å²) in [4.78, 5) is 38.3. The summed E-state index contributed by atoms with van der Waals surface area (Å²) in [5.41, 5.74) is -0.820.